The third kappa shape index (κ3) is 6.17. The molecule has 140 valence electrons. The number of amides is 1. The van der Waals surface area contributed by atoms with Gasteiger partial charge in [0.1, 0.15) is 5.56 Å². The lowest BCUT2D eigenvalue weighted by Gasteiger charge is -2.20. The minimum absolute atomic E-state index is 0.0159. The van der Waals surface area contributed by atoms with Crippen molar-refractivity contribution in [3.63, 3.8) is 0 Å². The van der Waals surface area contributed by atoms with Gasteiger partial charge in [0.15, 0.2) is 6.10 Å². The van der Waals surface area contributed by atoms with E-state index in [-0.39, 0.29) is 11.4 Å². The van der Waals surface area contributed by atoms with Gasteiger partial charge in [-0.3, -0.25) is 9.69 Å². The summed E-state index contributed by atoms with van der Waals surface area (Å²) in [6.45, 7) is 4.96. The molecule has 0 aliphatic carbocycles. The second-order valence-corrected chi connectivity index (χ2v) is 5.72. The van der Waals surface area contributed by atoms with E-state index in [1.165, 1.54) is 18.3 Å². The molecular formula is C16H22F3N3O3. The number of pyridine rings is 1. The summed E-state index contributed by atoms with van der Waals surface area (Å²) in [4.78, 5) is 18.2. The largest absolute Gasteiger partial charge is 0.464 e. The number of rotatable bonds is 6. The number of ether oxygens (including phenoxy) is 2. The number of halogens is 3. The first-order valence-electron chi connectivity index (χ1n) is 8.14. The van der Waals surface area contributed by atoms with Crippen LogP contribution < -0.4 is 10.1 Å². The van der Waals surface area contributed by atoms with E-state index in [2.05, 4.69) is 15.2 Å². The maximum atomic E-state index is 12.6. The predicted molar refractivity (Wildman–Crippen MR) is 84.6 cm³/mol. The van der Waals surface area contributed by atoms with Gasteiger partial charge in [-0.05, 0) is 25.5 Å². The van der Waals surface area contributed by atoms with Gasteiger partial charge in [0.25, 0.3) is 5.91 Å². The lowest BCUT2D eigenvalue weighted by Crippen LogP contribution is -2.37. The van der Waals surface area contributed by atoms with Gasteiger partial charge in [0, 0.05) is 39.0 Å². The predicted octanol–water partition coefficient (Wildman–Crippen LogP) is 1.86. The van der Waals surface area contributed by atoms with Crippen molar-refractivity contribution in [2.75, 3.05) is 39.4 Å². The highest BCUT2D eigenvalue weighted by molar-refractivity contribution is 5.96. The molecule has 9 heteroatoms. The highest BCUT2D eigenvalue weighted by atomic mass is 19.4. The molecule has 1 aromatic heterocycles. The number of carbonyl (C=O) groups is 1. The second-order valence-electron chi connectivity index (χ2n) is 5.72. The molecule has 2 rings (SSSR count). The molecule has 0 saturated carbocycles. The zero-order chi connectivity index (χ0) is 18.3. The summed E-state index contributed by atoms with van der Waals surface area (Å²) in [5, 5.41) is 2.70. The first kappa shape index (κ1) is 19.5. The Bertz CT molecular complexity index is 561. The molecule has 6 nitrogen and oxygen atoms in total. The van der Waals surface area contributed by atoms with Crippen LogP contribution in [0, 0.1) is 0 Å². The quantitative estimate of drug-likeness (QED) is 0.838. The van der Waals surface area contributed by atoms with Crippen LogP contribution in [0.15, 0.2) is 18.3 Å². The first-order chi connectivity index (χ1) is 11.9. The lowest BCUT2D eigenvalue weighted by atomic mass is 10.2. The molecular weight excluding hydrogens is 339 g/mol. The Morgan fingerprint density at radius 1 is 1.44 bits per heavy atom. The Labute approximate surface area is 144 Å². The van der Waals surface area contributed by atoms with Crippen molar-refractivity contribution in [2.24, 2.45) is 0 Å². The fraction of sp³-hybridized carbons (Fsp3) is 0.625. The molecule has 1 aliphatic heterocycles. The van der Waals surface area contributed by atoms with Crippen LogP contribution in [0.1, 0.15) is 23.7 Å². The number of aromatic nitrogens is 1. The summed E-state index contributed by atoms with van der Waals surface area (Å²) in [5.41, 5.74) is -0.0159. The molecule has 1 fully saturated rings. The summed E-state index contributed by atoms with van der Waals surface area (Å²) < 4.78 is 48.1. The van der Waals surface area contributed by atoms with E-state index in [0.29, 0.717) is 19.7 Å². The van der Waals surface area contributed by atoms with Crippen LogP contribution in [0.2, 0.25) is 0 Å². The van der Waals surface area contributed by atoms with Crippen molar-refractivity contribution >= 4 is 5.91 Å². The molecule has 2 heterocycles. The van der Waals surface area contributed by atoms with Crippen molar-refractivity contribution in [3.8, 4) is 5.88 Å². The summed E-state index contributed by atoms with van der Waals surface area (Å²) in [6, 6.07) is 2.87. The third-order valence-electron chi connectivity index (χ3n) is 3.79. The molecule has 1 N–H and O–H groups in total. The maximum Gasteiger partial charge on any atom is 0.425 e. The molecule has 1 aromatic rings. The summed E-state index contributed by atoms with van der Waals surface area (Å²) in [6.07, 6.45) is -4.36. The minimum Gasteiger partial charge on any atom is -0.464 e. The monoisotopic (exact) mass is 361 g/mol. The maximum absolute atomic E-state index is 12.6. The van der Waals surface area contributed by atoms with Gasteiger partial charge < -0.3 is 14.8 Å². The summed E-state index contributed by atoms with van der Waals surface area (Å²) in [5.74, 6) is -0.837. The Morgan fingerprint density at radius 3 is 3.00 bits per heavy atom. The van der Waals surface area contributed by atoms with Crippen LogP contribution in [0.25, 0.3) is 0 Å². The van der Waals surface area contributed by atoms with Crippen LogP contribution in [-0.2, 0) is 4.74 Å². The highest BCUT2D eigenvalue weighted by Gasteiger charge is 2.38. The van der Waals surface area contributed by atoms with E-state index >= 15 is 0 Å². The summed E-state index contributed by atoms with van der Waals surface area (Å²) >= 11 is 0. The average Bonchev–Trinajstić information content (AvgIpc) is 2.83. The van der Waals surface area contributed by atoms with Gasteiger partial charge in [-0.25, -0.2) is 4.98 Å². The first-order valence-corrected chi connectivity index (χ1v) is 8.14. The van der Waals surface area contributed by atoms with Crippen LogP contribution >= 0.6 is 0 Å². The van der Waals surface area contributed by atoms with Gasteiger partial charge in [-0.15, -0.1) is 0 Å². The standard InChI is InChI=1S/C16H22F3N3O3/c1-12(16(17,18)19)25-15-13(4-2-5-21-15)14(23)20-6-8-22-7-3-10-24-11-9-22/h2,4-5,12H,3,6-11H2,1H3,(H,20,23)/t12-/m0/s1. The Hall–Kier alpha value is -1.87. The van der Waals surface area contributed by atoms with Crippen LogP contribution in [0.5, 0.6) is 5.88 Å². The van der Waals surface area contributed by atoms with E-state index in [4.69, 9.17) is 9.47 Å². The molecule has 0 unspecified atom stereocenters. The lowest BCUT2D eigenvalue weighted by molar-refractivity contribution is -0.190. The van der Waals surface area contributed by atoms with E-state index in [1.807, 2.05) is 0 Å². The Morgan fingerprint density at radius 2 is 2.24 bits per heavy atom. The smallest absolute Gasteiger partial charge is 0.425 e. The number of nitrogens with zero attached hydrogens (tertiary/aromatic N) is 2. The zero-order valence-electron chi connectivity index (χ0n) is 14.0. The zero-order valence-corrected chi connectivity index (χ0v) is 14.0. The molecule has 0 bridgehead atoms. The van der Waals surface area contributed by atoms with Crippen molar-refractivity contribution in [1.82, 2.24) is 15.2 Å². The van der Waals surface area contributed by atoms with Crippen molar-refractivity contribution in [1.29, 1.82) is 0 Å². The average molecular weight is 361 g/mol. The Balaban J connectivity index is 1.90. The molecule has 1 aliphatic rings. The van der Waals surface area contributed by atoms with E-state index in [9.17, 15) is 18.0 Å². The van der Waals surface area contributed by atoms with Crippen LogP contribution in [0.3, 0.4) is 0 Å². The fourth-order valence-electron chi connectivity index (χ4n) is 2.34. The van der Waals surface area contributed by atoms with Gasteiger partial charge in [-0.1, -0.05) is 0 Å². The number of nitrogens with one attached hydrogen (secondary N) is 1. The highest BCUT2D eigenvalue weighted by Crippen LogP contribution is 2.25. The van der Waals surface area contributed by atoms with E-state index < -0.39 is 18.2 Å². The number of carbonyl (C=O) groups excluding carboxylic acids is 1. The Kier molecular flexibility index (Phi) is 7.01. The minimum atomic E-state index is -4.53. The number of alkyl halides is 3. The second kappa shape index (κ2) is 9.00. The summed E-state index contributed by atoms with van der Waals surface area (Å²) in [7, 11) is 0. The van der Waals surface area contributed by atoms with Crippen molar-refractivity contribution < 1.29 is 27.4 Å². The van der Waals surface area contributed by atoms with Crippen molar-refractivity contribution in [2.45, 2.75) is 25.6 Å². The van der Waals surface area contributed by atoms with Gasteiger partial charge >= 0.3 is 6.18 Å². The fourth-order valence-corrected chi connectivity index (χ4v) is 2.34. The molecule has 0 spiro atoms. The molecule has 0 aromatic carbocycles. The van der Waals surface area contributed by atoms with Crippen LogP contribution in [-0.4, -0.2) is 67.5 Å². The molecule has 0 radical (unpaired) electrons. The van der Waals surface area contributed by atoms with Gasteiger partial charge in [0.05, 0.1) is 6.61 Å². The van der Waals surface area contributed by atoms with Gasteiger partial charge in [0.2, 0.25) is 5.88 Å². The van der Waals surface area contributed by atoms with Gasteiger partial charge in [-0.2, -0.15) is 13.2 Å². The normalized spacial score (nSPS) is 17.6. The van der Waals surface area contributed by atoms with Crippen LogP contribution in [0.4, 0.5) is 13.2 Å². The molecule has 1 saturated heterocycles. The SMILES string of the molecule is C[C@H](Oc1ncccc1C(=O)NCCN1CCCOCC1)C(F)(F)F. The van der Waals surface area contributed by atoms with Crippen molar-refractivity contribution in [3.05, 3.63) is 23.9 Å². The molecule has 1 atom stereocenters. The molecule has 25 heavy (non-hydrogen) atoms. The number of hydrogen-bond acceptors (Lipinski definition) is 5. The molecule has 1 amide bonds. The van der Waals surface area contributed by atoms with E-state index in [0.717, 1.165) is 33.0 Å². The van der Waals surface area contributed by atoms with E-state index in [1.54, 1.807) is 0 Å². The third-order valence-corrected chi connectivity index (χ3v) is 3.79. The number of hydrogen-bond donors (Lipinski definition) is 1. The topological polar surface area (TPSA) is 63.7 Å².